The third-order valence-electron chi connectivity index (χ3n) is 17.0. The first-order chi connectivity index (χ1) is 42.1. The van der Waals surface area contributed by atoms with E-state index in [1.807, 2.05) is 0 Å². The Morgan fingerprint density at radius 2 is 1.42 bits per heavy atom. The van der Waals surface area contributed by atoms with Crippen LogP contribution >= 0.6 is 21.6 Å². The third kappa shape index (κ3) is 15.3. The number of esters is 5. The van der Waals surface area contributed by atoms with Crippen LogP contribution in [-0.2, 0) is 66.8 Å². The van der Waals surface area contributed by atoms with Crippen LogP contribution in [0.15, 0.2) is 102 Å². The second-order valence-corrected chi connectivity index (χ2v) is 25.9. The minimum atomic E-state index is -2.54. The molecule has 27 heteroatoms. The van der Waals surface area contributed by atoms with E-state index in [1.165, 1.54) is 68.3 Å². The lowest BCUT2D eigenvalue weighted by Gasteiger charge is -2.67. The minimum Gasteiger partial charge on any atom is -0.461 e. The number of rotatable bonds is 26. The standard InChI is InChI=1S/C62H77N7O18S2/c1-33-42(84-57(80)48(74)47(37-19-11-8-12-20-37)69-54(77)38-21-13-9-14-22-38)30-62(81)52(86-56(79)39-23-15-10-16-24-39)50-60(7,51(75)49(83-35(3)71)46(33)59(62,5)6)43(29-44-61(50,32-82-44)87-36(4)72)85-45(73)26-18-28-88-89-31-41(67-34(2)70)55(78)68-40(53(63)76)25-17-27-66-58(64)65/h8-16,19-24,40-44,47-50,52,74,81H,17-18,25-32H2,1-7H3,(H2,63,76)(H,67,70)(H,68,78)(H,69,77)(H4,64,65,66)/t40-,41-,42+,43+,44-,47?,48-,49-,50+,52+,60-,61+,62-/m1/s1. The van der Waals surface area contributed by atoms with E-state index in [2.05, 4.69) is 21.3 Å². The second kappa shape index (κ2) is 29.2. The third-order valence-corrected chi connectivity index (χ3v) is 19.5. The van der Waals surface area contributed by atoms with Crippen molar-refractivity contribution in [2.75, 3.05) is 24.7 Å². The van der Waals surface area contributed by atoms with E-state index in [0.29, 0.717) is 12.0 Å². The summed E-state index contributed by atoms with van der Waals surface area (Å²) in [5, 5.41) is 44.0. The number of hydrogen-bond donors (Lipinski definition) is 9. The lowest BCUT2D eigenvalue weighted by Crippen LogP contribution is -2.82. The average molecular weight is 1270 g/mol. The molecule has 2 saturated carbocycles. The van der Waals surface area contributed by atoms with Crippen molar-refractivity contribution in [3.8, 4) is 0 Å². The quantitative estimate of drug-likeness (QED) is 0.0106. The number of ether oxygens (including phenoxy) is 6. The van der Waals surface area contributed by atoms with Crippen molar-refractivity contribution in [3.05, 3.63) is 119 Å². The molecule has 25 nitrogen and oxygen atoms in total. The highest BCUT2D eigenvalue weighted by atomic mass is 33.1. The van der Waals surface area contributed by atoms with Gasteiger partial charge in [0.2, 0.25) is 17.7 Å². The van der Waals surface area contributed by atoms with Crippen molar-refractivity contribution in [2.24, 2.45) is 28.2 Å². The number of aliphatic hydroxyl groups is 2. The summed E-state index contributed by atoms with van der Waals surface area (Å²) in [7, 11) is 2.44. The van der Waals surface area contributed by atoms with Crippen LogP contribution in [0.25, 0.3) is 0 Å². The summed E-state index contributed by atoms with van der Waals surface area (Å²) < 4.78 is 37.6. The van der Waals surface area contributed by atoms with E-state index < -0.39 is 155 Å². The van der Waals surface area contributed by atoms with Crippen LogP contribution in [0.5, 0.6) is 0 Å². The first kappa shape index (κ1) is 68.6. The Hall–Kier alpha value is -7.85. The Morgan fingerprint density at radius 3 is 1.99 bits per heavy atom. The molecular formula is C62H77N7O18S2. The SMILES string of the molecule is CC(=O)N[C@H](CSSCCCC(=O)O[C@H]1C[C@H]2OC[C@@]2(OC(C)=O)[C@H]2[C@H](OC(=O)c3ccccc3)[C@]3(O)C[C@H](OC(=O)[C@H](O)C(NC(=O)c4ccccc4)c4ccccc4)C(C)=C([C@@H](OC(C)=O)C(=O)[C@]12C)C3(C)C)C(=O)N[C@H](CCCNC(=N)N)C(N)=O. The molecular weight excluding hydrogens is 1190 g/mol. The molecule has 3 aliphatic carbocycles. The molecule has 4 aliphatic rings. The van der Waals surface area contributed by atoms with E-state index in [1.54, 1.807) is 78.9 Å². The van der Waals surface area contributed by atoms with Gasteiger partial charge in [0.1, 0.15) is 42.1 Å². The first-order valence-electron chi connectivity index (χ1n) is 29.0. The topological polar surface area (TPSA) is 391 Å². The van der Waals surface area contributed by atoms with Crippen molar-refractivity contribution < 1.29 is 86.6 Å². The molecule has 1 aliphatic heterocycles. The van der Waals surface area contributed by atoms with Crippen molar-refractivity contribution in [1.29, 1.82) is 5.41 Å². The maximum Gasteiger partial charge on any atom is 0.338 e. The molecule has 3 aromatic rings. The molecule has 89 heavy (non-hydrogen) atoms. The maximum atomic E-state index is 16.4. The molecule has 2 bridgehead atoms. The Morgan fingerprint density at radius 1 is 0.787 bits per heavy atom. The molecule has 1 saturated heterocycles. The van der Waals surface area contributed by atoms with Gasteiger partial charge in [-0.05, 0) is 74.1 Å². The largest absolute Gasteiger partial charge is 0.461 e. The van der Waals surface area contributed by atoms with Gasteiger partial charge < -0.3 is 71.4 Å². The zero-order chi connectivity index (χ0) is 65.2. The van der Waals surface area contributed by atoms with E-state index in [4.69, 9.17) is 45.3 Å². The predicted octanol–water partition coefficient (Wildman–Crippen LogP) is 3.19. The number of aliphatic hydroxyl groups excluding tert-OH is 1. The van der Waals surface area contributed by atoms with Crippen LogP contribution in [0.4, 0.5) is 0 Å². The Labute approximate surface area is 522 Å². The van der Waals surface area contributed by atoms with Gasteiger partial charge in [-0.3, -0.25) is 43.8 Å². The molecule has 0 aromatic heterocycles. The molecule has 4 amide bonds. The Balaban J connectivity index is 1.22. The van der Waals surface area contributed by atoms with Gasteiger partial charge in [-0.1, -0.05) is 102 Å². The van der Waals surface area contributed by atoms with Gasteiger partial charge in [0, 0.05) is 69.1 Å². The highest BCUT2D eigenvalue weighted by Gasteiger charge is 2.79. The summed E-state index contributed by atoms with van der Waals surface area (Å²) in [6, 6.07) is 20.3. The minimum absolute atomic E-state index is 0.00451. The molecule has 11 N–H and O–H groups in total. The van der Waals surface area contributed by atoms with Crippen LogP contribution in [0, 0.1) is 22.2 Å². The van der Waals surface area contributed by atoms with Gasteiger partial charge in [-0.25, -0.2) is 9.59 Å². The van der Waals surface area contributed by atoms with Crippen LogP contribution < -0.4 is 32.7 Å². The Bertz CT molecular complexity index is 3190. The monoisotopic (exact) mass is 1270 g/mol. The Kier molecular flexibility index (Phi) is 22.5. The summed E-state index contributed by atoms with van der Waals surface area (Å²) in [5.41, 5.74) is 2.89. The molecule has 0 spiro atoms. The summed E-state index contributed by atoms with van der Waals surface area (Å²) in [5.74, 6) is -10.2. The number of nitrogens with two attached hydrogens (primary N) is 2. The average Bonchev–Trinajstić information content (AvgIpc) is 0.672. The molecule has 1 heterocycles. The second-order valence-electron chi connectivity index (χ2n) is 23.2. The number of benzene rings is 3. The number of guanidine groups is 1. The summed E-state index contributed by atoms with van der Waals surface area (Å²) in [6.07, 6.45) is -11.0. The molecule has 0 radical (unpaired) electrons. The number of primary amides is 1. The van der Waals surface area contributed by atoms with Gasteiger partial charge in [0.15, 0.2) is 29.6 Å². The normalized spacial score (nSPS) is 26.1. The van der Waals surface area contributed by atoms with E-state index in [-0.39, 0.29) is 72.0 Å². The van der Waals surface area contributed by atoms with Crippen molar-refractivity contribution in [3.63, 3.8) is 0 Å². The zero-order valence-electron chi connectivity index (χ0n) is 50.4. The summed E-state index contributed by atoms with van der Waals surface area (Å²) in [6.45, 7) is 9.15. The van der Waals surface area contributed by atoms with Gasteiger partial charge in [-0.15, -0.1) is 0 Å². The number of amides is 4. The van der Waals surface area contributed by atoms with Gasteiger partial charge >= 0.3 is 29.8 Å². The molecule has 3 fully saturated rings. The maximum absolute atomic E-state index is 16.4. The van der Waals surface area contributed by atoms with Crippen LogP contribution in [-0.4, -0.2) is 160 Å². The van der Waals surface area contributed by atoms with E-state index >= 15 is 4.79 Å². The number of Topliss-reactive ketones (excluding diaryl/α,β-unsaturated/α-hetero) is 1. The molecule has 3 aromatic carbocycles. The first-order valence-corrected chi connectivity index (χ1v) is 31.5. The number of carbonyl (C=O) groups is 10. The summed E-state index contributed by atoms with van der Waals surface area (Å²) in [4.78, 5) is 139. The van der Waals surface area contributed by atoms with Crippen molar-refractivity contribution in [1.82, 2.24) is 21.3 Å². The number of ketones is 1. The smallest absolute Gasteiger partial charge is 0.338 e. The molecule has 13 atom stereocenters. The zero-order valence-corrected chi connectivity index (χ0v) is 52.0. The predicted molar refractivity (Wildman–Crippen MR) is 324 cm³/mol. The van der Waals surface area contributed by atoms with Crippen molar-refractivity contribution in [2.45, 2.75) is 153 Å². The van der Waals surface area contributed by atoms with E-state index in [9.17, 15) is 53.4 Å². The molecule has 480 valence electrons. The fourth-order valence-corrected chi connectivity index (χ4v) is 14.8. The molecule has 7 rings (SSSR count). The van der Waals surface area contributed by atoms with Gasteiger partial charge in [0.25, 0.3) is 5.91 Å². The summed E-state index contributed by atoms with van der Waals surface area (Å²) >= 11 is 0. The number of fused-ring (bicyclic) bond motifs is 5. The number of hydrogen-bond acceptors (Lipinski definition) is 21. The highest BCUT2D eigenvalue weighted by molar-refractivity contribution is 8.76. The van der Waals surface area contributed by atoms with Crippen LogP contribution in [0.2, 0.25) is 0 Å². The number of carbonyl (C=O) groups excluding carboxylic acids is 10. The fraction of sp³-hybridized carbons (Fsp3) is 0.500. The van der Waals surface area contributed by atoms with E-state index in [0.717, 1.165) is 13.8 Å². The lowest BCUT2D eigenvalue weighted by atomic mass is 9.44. The van der Waals surface area contributed by atoms with Crippen LogP contribution in [0.1, 0.15) is 119 Å². The van der Waals surface area contributed by atoms with Gasteiger partial charge in [0.05, 0.1) is 29.5 Å². The van der Waals surface area contributed by atoms with Crippen molar-refractivity contribution >= 4 is 86.8 Å². The molecule has 1 unspecified atom stereocenters. The fourth-order valence-electron chi connectivity index (χ4n) is 12.5. The van der Waals surface area contributed by atoms with Crippen LogP contribution in [0.3, 0.4) is 0 Å². The van der Waals surface area contributed by atoms with Gasteiger partial charge in [-0.2, -0.15) is 0 Å². The lowest BCUT2D eigenvalue weighted by molar-refractivity contribution is -0.346. The number of nitrogens with one attached hydrogen (secondary N) is 5. The highest BCUT2D eigenvalue weighted by Crippen LogP contribution is 2.65.